The molecule has 1 aromatic heterocycles. The van der Waals surface area contributed by atoms with Gasteiger partial charge in [0.15, 0.2) is 0 Å². The summed E-state index contributed by atoms with van der Waals surface area (Å²) in [6.07, 6.45) is 5.47. The summed E-state index contributed by atoms with van der Waals surface area (Å²) in [5.74, 6) is -1.45. The number of nitrogens with zero attached hydrogens (tertiary/aromatic N) is 1. The van der Waals surface area contributed by atoms with E-state index in [0.29, 0.717) is 22.7 Å². The Morgan fingerprint density at radius 1 is 1.07 bits per heavy atom. The predicted octanol–water partition coefficient (Wildman–Crippen LogP) is 6.03. The van der Waals surface area contributed by atoms with Crippen LogP contribution < -0.4 is 5.32 Å². The summed E-state index contributed by atoms with van der Waals surface area (Å²) in [4.78, 5) is 32.8. The van der Waals surface area contributed by atoms with E-state index < -0.39 is 23.2 Å². The minimum Gasteiger partial charge on any atom is -0.480 e. The minimum atomic E-state index is -1.46. The van der Waals surface area contributed by atoms with E-state index in [2.05, 4.69) is 15.3 Å². The first-order valence-electron chi connectivity index (χ1n) is 13.0. The van der Waals surface area contributed by atoms with Crippen molar-refractivity contribution in [3.63, 3.8) is 0 Å². The molecule has 1 unspecified atom stereocenters. The van der Waals surface area contributed by atoms with Crippen molar-refractivity contribution in [1.82, 2.24) is 15.3 Å². The van der Waals surface area contributed by atoms with Gasteiger partial charge in [0.1, 0.15) is 23.0 Å². The standard InChI is InChI=1S/C31H31F2N3O4S/c1-31(30(38)39,13-16-41-2)36-29(37)25-12-3-20(17-26(25)21-4-8-23(32)9-5-21)18-40-19-27(28-34-14-15-35-28)22-6-10-24(33)11-7-22/h3-12,14-15,17,27H,13,16,18-19H2,1-2H3,(H,34,35)(H,36,37)(H,38,39)/t27?,31-/m0/s1. The van der Waals surface area contributed by atoms with Crippen LogP contribution in [0.4, 0.5) is 8.78 Å². The monoisotopic (exact) mass is 579 g/mol. The molecule has 7 nitrogen and oxygen atoms in total. The van der Waals surface area contributed by atoms with E-state index in [1.165, 1.54) is 43.0 Å². The van der Waals surface area contributed by atoms with Crippen LogP contribution in [0.15, 0.2) is 79.1 Å². The fourth-order valence-corrected chi connectivity index (χ4v) is 5.00. The van der Waals surface area contributed by atoms with Crippen molar-refractivity contribution in [3.05, 3.63) is 113 Å². The molecule has 0 fully saturated rings. The van der Waals surface area contributed by atoms with Crippen molar-refractivity contribution in [2.45, 2.75) is 31.4 Å². The molecule has 3 N–H and O–H groups in total. The molecular formula is C31H31F2N3O4S. The number of aromatic amines is 1. The maximum atomic E-state index is 13.7. The molecule has 0 aliphatic rings. The molecule has 1 heterocycles. The number of halogens is 2. The summed E-state index contributed by atoms with van der Waals surface area (Å²) in [6, 6.07) is 17.0. The SMILES string of the molecule is CSCC[C@](C)(NC(=O)c1ccc(COCC(c2ccc(F)cc2)c2ncc[nH]2)cc1-c1ccc(F)cc1)C(=O)O. The molecule has 41 heavy (non-hydrogen) atoms. The summed E-state index contributed by atoms with van der Waals surface area (Å²) in [6.45, 7) is 1.93. The van der Waals surface area contributed by atoms with Crippen LogP contribution >= 0.6 is 11.8 Å². The Hall–Kier alpha value is -4.02. The lowest BCUT2D eigenvalue weighted by atomic mass is 9.94. The van der Waals surface area contributed by atoms with E-state index in [4.69, 9.17) is 4.74 Å². The Kier molecular flexibility index (Phi) is 9.91. The van der Waals surface area contributed by atoms with Crippen molar-refractivity contribution in [2.24, 2.45) is 0 Å². The summed E-state index contributed by atoms with van der Waals surface area (Å²) in [7, 11) is 0. The number of H-pyrrole nitrogens is 1. The molecule has 0 saturated carbocycles. The molecule has 214 valence electrons. The first-order valence-corrected chi connectivity index (χ1v) is 14.4. The van der Waals surface area contributed by atoms with Crippen molar-refractivity contribution < 1.29 is 28.2 Å². The number of rotatable bonds is 13. The van der Waals surface area contributed by atoms with Crippen LogP contribution in [0.2, 0.25) is 0 Å². The number of hydrogen-bond acceptors (Lipinski definition) is 5. The maximum Gasteiger partial charge on any atom is 0.329 e. The zero-order chi connectivity index (χ0) is 29.4. The molecule has 0 bridgehead atoms. The lowest BCUT2D eigenvalue weighted by Crippen LogP contribution is -2.52. The Labute approximate surface area is 241 Å². The number of carbonyl (C=O) groups is 2. The predicted molar refractivity (Wildman–Crippen MR) is 155 cm³/mol. The third-order valence-electron chi connectivity index (χ3n) is 6.83. The van der Waals surface area contributed by atoms with Gasteiger partial charge in [-0.15, -0.1) is 0 Å². The highest BCUT2D eigenvalue weighted by molar-refractivity contribution is 7.98. The second kappa shape index (κ2) is 13.6. The molecule has 0 saturated heterocycles. The van der Waals surface area contributed by atoms with Gasteiger partial charge in [-0.3, -0.25) is 4.79 Å². The average Bonchev–Trinajstić information content (AvgIpc) is 3.50. The van der Waals surface area contributed by atoms with Crippen LogP contribution in [0, 0.1) is 11.6 Å². The quantitative estimate of drug-likeness (QED) is 0.179. The number of aromatic nitrogens is 2. The van der Waals surface area contributed by atoms with Crippen molar-refractivity contribution >= 4 is 23.6 Å². The number of amides is 1. The minimum absolute atomic E-state index is 0.190. The number of ether oxygens (including phenoxy) is 1. The number of aliphatic carboxylic acids is 1. The number of carbonyl (C=O) groups excluding carboxylic acids is 1. The molecular weight excluding hydrogens is 548 g/mol. The fourth-order valence-electron chi connectivity index (χ4n) is 4.39. The normalized spacial score (nSPS) is 13.4. The number of carboxylic acid groups (broad SMARTS) is 1. The second-order valence-electron chi connectivity index (χ2n) is 9.81. The van der Waals surface area contributed by atoms with Crippen LogP contribution in [0.25, 0.3) is 11.1 Å². The summed E-state index contributed by atoms with van der Waals surface area (Å²) in [5, 5.41) is 12.5. The van der Waals surface area contributed by atoms with E-state index >= 15 is 0 Å². The van der Waals surface area contributed by atoms with Gasteiger partial charge in [0, 0.05) is 18.0 Å². The Bertz CT molecular complexity index is 1460. The highest BCUT2D eigenvalue weighted by Crippen LogP contribution is 2.28. The van der Waals surface area contributed by atoms with Gasteiger partial charge in [0.05, 0.1) is 19.1 Å². The van der Waals surface area contributed by atoms with Crippen LogP contribution in [-0.4, -0.2) is 51.1 Å². The molecule has 0 spiro atoms. The molecule has 2 atom stereocenters. The van der Waals surface area contributed by atoms with Gasteiger partial charge < -0.3 is 20.1 Å². The Morgan fingerprint density at radius 3 is 2.37 bits per heavy atom. The maximum absolute atomic E-state index is 13.7. The lowest BCUT2D eigenvalue weighted by Gasteiger charge is -2.26. The molecule has 0 aliphatic heterocycles. The van der Waals surface area contributed by atoms with Crippen molar-refractivity contribution in [2.75, 3.05) is 18.6 Å². The van der Waals surface area contributed by atoms with Crippen LogP contribution in [-0.2, 0) is 16.1 Å². The van der Waals surface area contributed by atoms with E-state index in [1.54, 1.807) is 54.9 Å². The third kappa shape index (κ3) is 7.59. The zero-order valence-corrected chi connectivity index (χ0v) is 23.5. The molecule has 0 radical (unpaired) electrons. The molecule has 0 aliphatic carbocycles. The molecule has 3 aromatic carbocycles. The van der Waals surface area contributed by atoms with Crippen LogP contribution in [0.3, 0.4) is 0 Å². The fraction of sp³-hybridized carbons (Fsp3) is 0.258. The van der Waals surface area contributed by atoms with Gasteiger partial charge in [0.25, 0.3) is 5.91 Å². The van der Waals surface area contributed by atoms with Gasteiger partial charge in [0.2, 0.25) is 0 Å². The Balaban J connectivity index is 1.58. The smallest absolute Gasteiger partial charge is 0.329 e. The van der Waals surface area contributed by atoms with Crippen LogP contribution in [0.5, 0.6) is 0 Å². The van der Waals surface area contributed by atoms with Gasteiger partial charge in [-0.05, 0) is 84.0 Å². The summed E-state index contributed by atoms with van der Waals surface area (Å²) < 4.78 is 33.3. The number of imidazole rings is 1. The van der Waals surface area contributed by atoms with E-state index in [0.717, 1.165) is 11.1 Å². The third-order valence-corrected chi connectivity index (χ3v) is 7.44. The number of nitrogens with one attached hydrogen (secondary N) is 2. The largest absolute Gasteiger partial charge is 0.480 e. The molecule has 4 rings (SSSR count). The van der Waals surface area contributed by atoms with E-state index in [1.807, 2.05) is 6.26 Å². The van der Waals surface area contributed by atoms with Crippen molar-refractivity contribution in [1.29, 1.82) is 0 Å². The number of carboxylic acids is 1. The summed E-state index contributed by atoms with van der Waals surface area (Å²) >= 11 is 1.49. The topological polar surface area (TPSA) is 104 Å². The highest BCUT2D eigenvalue weighted by Gasteiger charge is 2.35. The van der Waals surface area contributed by atoms with Gasteiger partial charge in [-0.1, -0.05) is 30.3 Å². The van der Waals surface area contributed by atoms with Crippen LogP contribution in [0.1, 0.15) is 46.6 Å². The molecule has 4 aromatic rings. The first-order chi connectivity index (χ1) is 19.7. The Morgan fingerprint density at radius 2 is 1.76 bits per heavy atom. The summed E-state index contributed by atoms with van der Waals surface area (Å²) in [5.41, 5.74) is 1.51. The van der Waals surface area contributed by atoms with E-state index in [9.17, 15) is 23.5 Å². The highest BCUT2D eigenvalue weighted by atomic mass is 32.2. The number of thioether (sulfide) groups is 1. The van der Waals surface area contributed by atoms with Gasteiger partial charge in [-0.25, -0.2) is 18.6 Å². The molecule has 10 heteroatoms. The molecule has 1 amide bonds. The zero-order valence-electron chi connectivity index (χ0n) is 22.7. The first kappa shape index (κ1) is 30.0. The number of hydrogen-bond donors (Lipinski definition) is 3. The number of benzene rings is 3. The average molecular weight is 580 g/mol. The van der Waals surface area contributed by atoms with Gasteiger partial charge >= 0.3 is 5.97 Å². The lowest BCUT2D eigenvalue weighted by molar-refractivity contribution is -0.143. The van der Waals surface area contributed by atoms with Gasteiger partial charge in [-0.2, -0.15) is 11.8 Å². The van der Waals surface area contributed by atoms with E-state index in [-0.39, 0.29) is 36.9 Å². The van der Waals surface area contributed by atoms with Crippen molar-refractivity contribution in [3.8, 4) is 11.1 Å². The second-order valence-corrected chi connectivity index (χ2v) is 10.8.